The second-order valence-electron chi connectivity index (χ2n) is 5.58. The Morgan fingerprint density at radius 1 is 1.16 bits per heavy atom. The molecule has 0 amide bonds. The van der Waals surface area contributed by atoms with E-state index in [-0.39, 0.29) is 12.0 Å². The minimum absolute atomic E-state index is 0.0583. The van der Waals surface area contributed by atoms with Gasteiger partial charge in [-0.1, -0.05) is 56.5 Å². The summed E-state index contributed by atoms with van der Waals surface area (Å²) >= 11 is 0. The van der Waals surface area contributed by atoms with Crippen molar-refractivity contribution in [3.05, 3.63) is 35.4 Å². The Morgan fingerprint density at radius 3 is 2.26 bits per heavy atom. The highest BCUT2D eigenvalue weighted by atomic mass is 16.3. The standard InChI is InChI=1S/C17H29NO/c1-4-7-14(8-5-2)17(19)16(12-18)15-10-6-9-13(3)11-15/h6,9-11,14,16-17,19H,4-5,7-8,12,18H2,1-3H3. The Kier molecular flexibility index (Phi) is 7.11. The third kappa shape index (κ3) is 4.63. The predicted octanol–water partition coefficient (Wildman–Crippen LogP) is 3.61. The van der Waals surface area contributed by atoms with E-state index in [1.165, 1.54) is 11.1 Å². The number of nitrogens with two attached hydrogens (primary N) is 1. The summed E-state index contributed by atoms with van der Waals surface area (Å²) in [4.78, 5) is 0. The first-order chi connectivity index (χ1) is 9.13. The summed E-state index contributed by atoms with van der Waals surface area (Å²) in [6.07, 6.45) is 4.07. The van der Waals surface area contributed by atoms with E-state index < -0.39 is 0 Å². The molecule has 0 fully saturated rings. The fraction of sp³-hybridized carbons (Fsp3) is 0.647. The zero-order chi connectivity index (χ0) is 14.3. The van der Waals surface area contributed by atoms with Crippen molar-refractivity contribution in [3.8, 4) is 0 Å². The Labute approximate surface area is 118 Å². The molecule has 1 aromatic rings. The first kappa shape index (κ1) is 16.2. The molecule has 1 aromatic carbocycles. The Hall–Kier alpha value is -0.860. The van der Waals surface area contributed by atoms with Gasteiger partial charge < -0.3 is 10.8 Å². The molecule has 0 saturated carbocycles. The fourth-order valence-electron chi connectivity index (χ4n) is 2.93. The lowest BCUT2D eigenvalue weighted by Crippen LogP contribution is -2.32. The van der Waals surface area contributed by atoms with Gasteiger partial charge in [-0.2, -0.15) is 0 Å². The summed E-state index contributed by atoms with van der Waals surface area (Å²) in [5, 5.41) is 10.7. The average molecular weight is 263 g/mol. The van der Waals surface area contributed by atoms with Gasteiger partial charge in [0, 0.05) is 12.5 Å². The van der Waals surface area contributed by atoms with Gasteiger partial charge in [0.2, 0.25) is 0 Å². The van der Waals surface area contributed by atoms with E-state index in [9.17, 15) is 5.11 Å². The van der Waals surface area contributed by atoms with Gasteiger partial charge in [0.05, 0.1) is 6.10 Å². The molecular formula is C17H29NO. The van der Waals surface area contributed by atoms with Gasteiger partial charge in [0.1, 0.15) is 0 Å². The molecule has 2 heteroatoms. The van der Waals surface area contributed by atoms with E-state index in [1.54, 1.807) is 0 Å². The van der Waals surface area contributed by atoms with E-state index in [2.05, 4.69) is 45.0 Å². The second kappa shape index (κ2) is 8.34. The predicted molar refractivity (Wildman–Crippen MR) is 82.3 cm³/mol. The van der Waals surface area contributed by atoms with Crippen LogP contribution in [0.15, 0.2) is 24.3 Å². The van der Waals surface area contributed by atoms with E-state index in [0.717, 1.165) is 25.7 Å². The molecule has 0 heterocycles. The van der Waals surface area contributed by atoms with Crippen LogP contribution in [0, 0.1) is 12.8 Å². The van der Waals surface area contributed by atoms with Crippen LogP contribution < -0.4 is 5.73 Å². The highest BCUT2D eigenvalue weighted by Gasteiger charge is 2.26. The van der Waals surface area contributed by atoms with Crippen molar-refractivity contribution in [1.29, 1.82) is 0 Å². The topological polar surface area (TPSA) is 46.2 Å². The van der Waals surface area contributed by atoms with Gasteiger partial charge in [0.15, 0.2) is 0 Å². The van der Waals surface area contributed by atoms with Crippen molar-refractivity contribution in [2.24, 2.45) is 11.7 Å². The van der Waals surface area contributed by atoms with Crippen molar-refractivity contribution in [3.63, 3.8) is 0 Å². The number of rotatable bonds is 8. The van der Waals surface area contributed by atoms with Gasteiger partial charge in [-0.05, 0) is 31.2 Å². The molecule has 0 saturated heterocycles. The van der Waals surface area contributed by atoms with Crippen LogP contribution in [-0.2, 0) is 0 Å². The Morgan fingerprint density at radius 2 is 1.79 bits per heavy atom. The van der Waals surface area contributed by atoms with E-state index >= 15 is 0 Å². The lowest BCUT2D eigenvalue weighted by molar-refractivity contribution is 0.0722. The molecule has 2 atom stereocenters. The van der Waals surface area contributed by atoms with Crippen molar-refractivity contribution >= 4 is 0 Å². The SMILES string of the molecule is CCCC(CCC)C(O)C(CN)c1cccc(C)c1. The zero-order valence-corrected chi connectivity index (χ0v) is 12.6. The molecule has 0 aliphatic heterocycles. The normalized spacial score (nSPS) is 14.6. The molecule has 0 bridgehead atoms. The van der Waals surface area contributed by atoms with Gasteiger partial charge in [-0.15, -0.1) is 0 Å². The molecule has 2 nitrogen and oxygen atoms in total. The second-order valence-corrected chi connectivity index (χ2v) is 5.58. The van der Waals surface area contributed by atoms with Crippen LogP contribution in [0.2, 0.25) is 0 Å². The van der Waals surface area contributed by atoms with Crippen molar-refractivity contribution < 1.29 is 5.11 Å². The fourth-order valence-corrected chi connectivity index (χ4v) is 2.93. The van der Waals surface area contributed by atoms with Crippen LogP contribution >= 0.6 is 0 Å². The number of aliphatic hydroxyl groups excluding tert-OH is 1. The summed E-state index contributed by atoms with van der Waals surface area (Å²) in [5.74, 6) is 0.423. The highest BCUT2D eigenvalue weighted by Crippen LogP contribution is 2.29. The van der Waals surface area contributed by atoms with Gasteiger partial charge in [-0.3, -0.25) is 0 Å². The minimum Gasteiger partial charge on any atom is -0.392 e. The van der Waals surface area contributed by atoms with Crippen LogP contribution in [0.3, 0.4) is 0 Å². The van der Waals surface area contributed by atoms with Crippen molar-refractivity contribution in [1.82, 2.24) is 0 Å². The van der Waals surface area contributed by atoms with Gasteiger partial charge in [0.25, 0.3) is 0 Å². The van der Waals surface area contributed by atoms with E-state index in [0.29, 0.717) is 12.5 Å². The molecule has 19 heavy (non-hydrogen) atoms. The van der Waals surface area contributed by atoms with Crippen LogP contribution in [0.1, 0.15) is 56.6 Å². The number of aliphatic hydroxyl groups is 1. The summed E-state index contributed by atoms with van der Waals surface area (Å²) in [6, 6.07) is 8.37. The van der Waals surface area contributed by atoms with Crippen molar-refractivity contribution in [2.75, 3.05) is 6.54 Å². The maximum Gasteiger partial charge on any atom is 0.0648 e. The number of hydrogen-bond donors (Lipinski definition) is 2. The molecule has 0 aromatic heterocycles. The minimum atomic E-state index is -0.327. The molecule has 2 unspecified atom stereocenters. The summed E-state index contributed by atoms with van der Waals surface area (Å²) in [6.45, 7) is 6.95. The summed E-state index contributed by atoms with van der Waals surface area (Å²) < 4.78 is 0. The van der Waals surface area contributed by atoms with Crippen LogP contribution in [0.25, 0.3) is 0 Å². The average Bonchev–Trinajstić information content (AvgIpc) is 2.39. The molecule has 0 radical (unpaired) electrons. The Bertz CT molecular complexity index is 358. The summed E-state index contributed by atoms with van der Waals surface area (Å²) in [5.41, 5.74) is 8.33. The smallest absolute Gasteiger partial charge is 0.0648 e. The van der Waals surface area contributed by atoms with Crippen molar-refractivity contribution in [2.45, 2.75) is 58.5 Å². The highest BCUT2D eigenvalue weighted by molar-refractivity contribution is 5.26. The monoisotopic (exact) mass is 263 g/mol. The molecule has 108 valence electrons. The summed E-state index contributed by atoms with van der Waals surface area (Å²) in [7, 11) is 0. The number of hydrogen-bond acceptors (Lipinski definition) is 2. The Balaban J connectivity index is 2.87. The lowest BCUT2D eigenvalue weighted by Gasteiger charge is -2.29. The number of benzene rings is 1. The lowest BCUT2D eigenvalue weighted by atomic mass is 9.81. The molecule has 0 aliphatic rings. The third-order valence-electron chi connectivity index (χ3n) is 3.94. The first-order valence-electron chi connectivity index (χ1n) is 7.58. The third-order valence-corrected chi connectivity index (χ3v) is 3.94. The molecule has 3 N–H and O–H groups in total. The van der Waals surface area contributed by atoms with Gasteiger partial charge >= 0.3 is 0 Å². The quantitative estimate of drug-likeness (QED) is 0.752. The maximum absolute atomic E-state index is 10.7. The molecule has 1 rings (SSSR count). The van der Waals surface area contributed by atoms with Gasteiger partial charge in [-0.25, -0.2) is 0 Å². The maximum atomic E-state index is 10.7. The zero-order valence-electron chi connectivity index (χ0n) is 12.6. The van der Waals surface area contributed by atoms with E-state index in [1.807, 2.05) is 0 Å². The molecule has 0 spiro atoms. The molecular weight excluding hydrogens is 234 g/mol. The van der Waals surface area contributed by atoms with Crippen LogP contribution in [0.5, 0.6) is 0 Å². The van der Waals surface area contributed by atoms with Crippen LogP contribution in [-0.4, -0.2) is 17.8 Å². The molecule has 0 aliphatic carbocycles. The first-order valence-corrected chi connectivity index (χ1v) is 7.58. The largest absolute Gasteiger partial charge is 0.392 e. The number of aryl methyl sites for hydroxylation is 1. The van der Waals surface area contributed by atoms with Crippen LogP contribution in [0.4, 0.5) is 0 Å². The van der Waals surface area contributed by atoms with E-state index in [4.69, 9.17) is 5.73 Å².